The Bertz CT molecular complexity index is 923. The number of benzene rings is 1. The largest absolute Gasteiger partial charge is 0.384 e. The summed E-state index contributed by atoms with van der Waals surface area (Å²) in [6, 6.07) is 1.54. The number of non-ortho nitro benzene ring substituents is 1. The highest BCUT2D eigenvalue weighted by Crippen LogP contribution is 2.69. The van der Waals surface area contributed by atoms with E-state index >= 15 is 0 Å². The summed E-state index contributed by atoms with van der Waals surface area (Å²) in [5.41, 5.74) is -8.55. The summed E-state index contributed by atoms with van der Waals surface area (Å²) in [6.45, 7) is 0. The second-order valence-electron chi connectivity index (χ2n) is 6.29. The number of amides is 1. The highest BCUT2D eigenvalue weighted by Gasteiger charge is 3.03. The highest BCUT2D eigenvalue weighted by atomic mass is 79.9. The highest BCUT2D eigenvalue weighted by molar-refractivity contribution is 9.10. The van der Waals surface area contributed by atoms with E-state index in [0.717, 1.165) is 0 Å². The smallest absolute Gasteiger partial charge is 0.311 e. The quantitative estimate of drug-likeness (QED) is 0.301. The number of rotatable bonds is 3. The maximum atomic E-state index is 14.8. The molecular weight excluding hydrogens is 533 g/mol. The van der Waals surface area contributed by atoms with Crippen molar-refractivity contribution in [2.75, 3.05) is 11.9 Å². The van der Waals surface area contributed by atoms with E-state index in [1.165, 1.54) is 0 Å². The molecule has 0 atom stereocenters. The number of alkyl halides is 11. The van der Waals surface area contributed by atoms with Crippen LogP contribution in [-0.2, 0) is 4.79 Å². The van der Waals surface area contributed by atoms with Crippen LogP contribution in [0.4, 0.5) is 59.7 Å². The molecule has 1 saturated carbocycles. The van der Waals surface area contributed by atoms with Gasteiger partial charge >= 0.3 is 35.3 Å². The maximum absolute atomic E-state index is 14.8. The monoisotopic (exact) mass is 538 g/mol. The van der Waals surface area contributed by atoms with Crippen molar-refractivity contribution in [1.82, 2.24) is 0 Å². The van der Waals surface area contributed by atoms with Crippen LogP contribution in [0.5, 0.6) is 0 Å². The van der Waals surface area contributed by atoms with E-state index in [9.17, 15) is 63.2 Å². The molecule has 1 fully saturated rings. The van der Waals surface area contributed by atoms with Crippen molar-refractivity contribution in [2.45, 2.75) is 35.3 Å². The van der Waals surface area contributed by atoms with Crippen molar-refractivity contribution in [2.24, 2.45) is 0 Å². The fourth-order valence-corrected chi connectivity index (χ4v) is 3.34. The van der Waals surface area contributed by atoms with Crippen molar-refractivity contribution in [3.05, 3.63) is 32.8 Å². The van der Waals surface area contributed by atoms with Crippen molar-refractivity contribution in [3.8, 4) is 0 Å². The van der Waals surface area contributed by atoms with Crippen LogP contribution in [0.1, 0.15) is 0 Å². The Morgan fingerprint density at radius 3 is 1.61 bits per heavy atom. The first-order valence-corrected chi connectivity index (χ1v) is 8.24. The van der Waals surface area contributed by atoms with E-state index in [-0.39, 0.29) is 7.05 Å². The molecule has 1 aromatic rings. The van der Waals surface area contributed by atoms with Gasteiger partial charge in [0, 0.05) is 23.7 Å². The van der Waals surface area contributed by atoms with Crippen LogP contribution >= 0.6 is 15.9 Å². The van der Waals surface area contributed by atoms with Gasteiger partial charge in [0.1, 0.15) is 0 Å². The van der Waals surface area contributed by atoms with Crippen molar-refractivity contribution in [3.63, 3.8) is 0 Å². The standard InChI is InChI=1S/C14H6BrF11N2O3/c1-27(7-3-2-5(28(30)31)4-6(7)15)8(29)9(16)10(17,18)12(21,22)14(25,26)13(23,24)11(9,19)20/h2-4H,1H3. The van der Waals surface area contributed by atoms with Crippen LogP contribution in [0.15, 0.2) is 22.7 Å². The second-order valence-corrected chi connectivity index (χ2v) is 7.14. The number of hydrogen-bond acceptors (Lipinski definition) is 3. The molecule has 1 amide bonds. The third-order valence-corrected chi connectivity index (χ3v) is 5.18. The van der Waals surface area contributed by atoms with Gasteiger partial charge in [0.2, 0.25) is 0 Å². The lowest BCUT2D eigenvalue weighted by molar-refractivity contribution is -0.476. The van der Waals surface area contributed by atoms with Crippen LogP contribution in [0.3, 0.4) is 0 Å². The minimum Gasteiger partial charge on any atom is -0.311 e. The Kier molecular flexibility index (Phi) is 5.38. The summed E-state index contributed by atoms with van der Waals surface area (Å²) in [5.74, 6) is -40.4. The number of nitro groups is 1. The lowest BCUT2D eigenvalue weighted by Crippen LogP contribution is -2.86. The van der Waals surface area contributed by atoms with Gasteiger partial charge in [-0.05, 0) is 22.0 Å². The summed E-state index contributed by atoms with van der Waals surface area (Å²) in [7, 11) is 0.185. The first-order valence-electron chi connectivity index (χ1n) is 7.44. The van der Waals surface area contributed by atoms with Gasteiger partial charge in [0.15, 0.2) is 0 Å². The van der Waals surface area contributed by atoms with Gasteiger partial charge in [0.25, 0.3) is 11.6 Å². The number of halogens is 12. The minimum absolute atomic E-state index is 0.185. The molecular formula is C14H6BrF11N2O3. The molecule has 0 bridgehead atoms. The lowest BCUT2D eigenvalue weighted by atomic mass is 9.71. The van der Waals surface area contributed by atoms with Gasteiger partial charge in [-0.3, -0.25) is 14.9 Å². The molecule has 0 radical (unpaired) electrons. The summed E-state index contributed by atoms with van der Waals surface area (Å²) in [5, 5.41) is 10.6. The molecule has 0 spiro atoms. The number of nitro benzene ring substituents is 1. The molecule has 1 aromatic carbocycles. The third-order valence-electron chi connectivity index (χ3n) is 4.55. The maximum Gasteiger partial charge on any atom is 0.384 e. The normalized spacial score (nSPS) is 24.3. The van der Waals surface area contributed by atoms with E-state index < -0.39 is 66.9 Å². The predicted octanol–water partition coefficient (Wildman–Crippen LogP) is 5.22. The van der Waals surface area contributed by atoms with Crippen LogP contribution in [0, 0.1) is 10.1 Å². The Hall–Kier alpha value is -2.20. The molecule has 2 rings (SSSR count). The number of carbonyl (C=O) groups is 1. The van der Waals surface area contributed by atoms with Crippen molar-refractivity contribution in [1.29, 1.82) is 0 Å². The minimum atomic E-state index is -7.45. The molecule has 1 aliphatic carbocycles. The van der Waals surface area contributed by atoms with Gasteiger partial charge in [-0.25, -0.2) is 4.39 Å². The topological polar surface area (TPSA) is 63.5 Å². The van der Waals surface area contributed by atoms with Crippen molar-refractivity contribution < 1.29 is 58.0 Å². The fraction of sp³-hybridized carbons (Fsp3) is 0.500. The zero-order valence-corrected chi connectivity index (χ0v) is 16.0. The van der Waals surface area contributed by atoms with Gasteiger partial charge in [-0.15, -0.1) is 0 Å². The zero-order valence-electron chi connectivity index (χ0n) is 14.4. The molecule has 0 saturated heterocycles. The summed E-state index contributed by atoms with van der Waals surface area (Å²) < 4.78 is 151. The fourth-order valence-electron chi connectivity index (χ4n) is 2.71. The average Bonchev–Trinajstić information content (AvgIpc) is 2.64. The SMILES string of the molecule is CN(C(=O)C1(F)C(F)(F)C(F)(F)C(F)(F)C(F)(F)C1(F)F)c1ccc([N+](=O)[O-])cc1Br. The number of hydrogen-bond donors (Lipinski definition) is 0. The molecule has 0 aromatic heterocycles. The Balaban J connectivity index is 2.74. The Labute approximate surface area is 172 Å². The number of nitrogens with zero attached hydrogens (tertiary/aromatic N) is 2. The summed E-state index contributed by atoms with van der Waals surface area (Å²) in [4.78, 5) is 21.2. The molecule has 31 heavy (non-hydrogen) atoms. The van der Waals surface area contributed by atoms with E-state index in [1.54, 1.807) is 0 Å². The van der Waals surface area contributed by atoms with E-state index in [0.29, 0.717) is 18.2 Å². The van der Waals surface area contributed by atoms with Crippen molar-refractivity contribution >= 4 is 33.2 Å². The first kappa shape index (κ1) is 25.1. The molecule has 174 valence electrons. The van der Waals surface area contributed by atoms with Crippen LogP contribution in [-0.4, -0.2) is 53.2 Å². The average molecular weight is 539 g/mol. The van der Waals surface area contributed by atoms with Crippen LogP contribution in [0.2, 0.25) is 0 Å². The Morgan fingerprint density at radius 2 is 1.26 bits per heavy atom. The zero-order chi connectivity index (χ0) is 24.6. The number of carbonyl (C=O) groups excluding carboxylic acids is 1. The second kappa shape index (κ2) is 6.65. The molecule has 1 aliphatic rings. The van der Waals surface area contributed by atoms with Crippen LogP contribution in [0.25, 0.3) is 0 Å². The molecule has 5 nitrogen and oxygen atoms in total. The first-order chi connectivity index (χ1) is 13.6. The molecule has 0 aliphatic heterocycles. The number of anilines is 1. The lowest BCUT2D eigenvalue weighted by Gasteiger charge is -2.52. The molecule has 0 N–H and O–H groups in total. The molecule has 17 heteroatoms. The van der Waals surface area contributed by atoms with Gasteiger partial charge in [-0.2, -0.15) is 43.9 Å². The van der Waals surface area contributed by atoms with Gasteiger partial charge in [0.05, 0.1) is 10.6 Å². The van der Waals surface area contributed by atoms with E-state index in [1.807, 2.05) is 0 Å². The molecule has 0 heterocycles. The van der Waals surface area contributed by atoms with E-state index in [2.05, 4.69) is 15.9 Å². The summed E-state index contributed by atoms with van der Waals surface area (Å²) in [6.07, 6.45) is 0. The van der Waals surface area contributed by atoms with Gasteiger partial charge in [-0.1, -0.05) is 0 Å². The van der Waals surface area contributed by atoms with Crippen LogP contribution < -0.4 is 4.90 Å². The summed E-state index contributed by atoms with van der Waals surface area (Å²) >= 11 is 2.53. The predicted molar refractivity (Wildman–Crippen MR) is 82.8 cm³/mol. The van der Waals surface area contributed by atoms with Gasteiger partial charge < -0.3 is 4.90 Å². The van der Waals surface area contributed by atoms with E-state index in [4.69, 9.17) is 0 Å². The molecule has 0 unspecified atom stereocenters. The third kappa shape index (κ3) is 2.70. The Morgan fingerprint density at radius 1 is 0.871 bits per heavy atom.